The molecule has 7 heteroatoms. The molecule has 1 aromatic heterocycles. The summed E-state index contributed by atoms with van der Waals surface area (Å²) >= 11 is 0. The lowest BCUT2D eigenvalue weighted by atomic mass is 10.1. The minimum absolute atomic E-state index is 0.125. The van der Waals surface area contributed by atoms with E-state index < -0.39 is 10.0 Å². The summed E-state index contributed by atoms with van der Waals surface area (Å²) in [6.45, 7) is 3.84. The number of ether oxygens (including phenoxy) is 1. The summed E-state index contributed by atoms with van der Waals surface area (Å²) in [6.07, 6.45) is 1.83. The van der Waals surface area contributed by atoms with Crippen LogP contribution in [0.5, 0.6) is 5.75 Å². The molecule has 0 aliphatic carbocycles. The topological polar surface area (TPSA) is 87.2 Å². The number of benzene rings is 1. The maximum Gasteiger partial charge on any atom is 0.238 e. The largest absolute Gasteiger partial charge is 0.487 e. The summed E-state index contributed by atoms with van der Waals surface area (Å²) in [7, 11) is -1.87. The van der Waals surface area contributed by atoms with Crippen LogP contribution in [0.15, 0.2) is 29.3 Å². The molecule has 0 spiro atoms. The summed E-state index contributed by atoms with van der Waals surface area (Å²) in [4.78, 5) is 0.125. The van der Waals surface area contributed by atoms with Gasteiger partial charge in [-0.05, 0) is 43.2 Å². The van der Waals surface area contributed by atoms with E-state index in [-0.39, 0.29) is 4.90 Å². The van der Waals surface area contributed by atoms with Gasteiger partial charge in [-0.25, -0.2) is 13.6 Å². The Labute approximate surface area is 118 Å². The number of sulfonamides is 1. The Kier molecular flexibility index (Phi) is 3.82. The molecule has 0 saturated carbocycles. The highest BCUT2D eigenvalue weighted by molar-refractivity contribution is 7.89. The third-order valence-corrected chi connectivity index (χ3v) is 4.19. The number of nitrogens with zero attached hydrogens (tertiary/aromatic N) is 2. The van der Waals surface area contributed by atoms with Gasteiger partial charge in [0, 0.05) is 13.2 Å². The van der Waals surface area contributed by atoms with E-state index in [0.29, 0.717) is 17.9 Å². The van der Waals surface area contributed by atoms with Crippen molar-refractivity contribution in [3.63, 3.8) is 0 Å². The average Bonchev–Trinajstić information content (AvgIpc) is 2.75. The van der Waals surface area contributed by atoms with Crippen LogP contribution >= 0.6 is 0 Å². The standard InChI is InChI=1S/C13H17N3O3S/c1-9-10(2)13(20(14,17)18)5-4-12(9)19-8-11-6-7-16(3)15-11/h4-7H,8H2,1-3H3,(H2,14,17,18). The fraction of sp³-hybridized carbons (Fsp3) is 0.308. The Balaban J connectivity index is 2.24. The zero-order valence-corrected chi connectivity index (χ0v) is 12.4. The smallest absolute Gasteiger partial charge is 0.238 e. The van der Waals surface area contributed by atoms with Crippen molar-refractivity contribution in [3.8, 4) is 5.75 Å². The van der Waals surface area contributed by atoms with Gasteiger partial charge in [0.1, 0.15) is 12.4 Å². The molecule has 0 unspecified atom stereocenters. The number of nitrogens with two attached hydrogens (primary N) is 1. The van der Waals surface area contributed by atoms with Crippen molar-refractivity contribution in [1.82, 2.24) is 9.78 Å². The van der Waals surface area contributed by atoms with Gasteiger partial charge in [-0.3, -0.25) is 4.68 Å². The van der Waals surface area contributed by atoms with Gasteiger partial charge in [0.15, 0.2) is 0 Å². The van der Waals surface area contributed by atoms with Crippen LogP contribution in [0.2, 0.25) is 0 Å². The van der Waals surface area contributed by atoms with Crippen LogP contribution in [0.25, 0.3) is 0 Å². The summed E-state index contributed by atoms with van der Waals surface area (Å²) < 4.78 is 30.2. The molecule has 2 aromatic rings. The first kappa shape index (κ1) is 14.5. The first-order valence-electron chi connectivity index (χ1n) is 6.03. The molecular formula is C13H17N3O3S. The second kappa shape index (κ2) is 5.26. The van der Waals surface area contributed by atoms with E-state index in [1.807, 2.05) is 19.3 Å². The van der Waals surface area contributed by atoms with E-state index in [4.69, 9.17) is 9.88 Å². The van der Waals surface area contributed by atoms with Crippen molar-refractivity contribution >= 4 is 10.0 Å². The van der Waals surface area contributed by atoms with Crippen molar-refractivity contribution in [2.45, 2.75) is 25.3 Å². The van der Waals surface area contributed by atoms with Crippen molar-refractivity contribution in [3.05, 3.63) is 41.2 Å². The number of hydrogen-bond donors (Lipinski definition) is 1. The van der Waals surface area contributed by atoms with Gasteiger partial charge in [0.05, 0.1) is 10.6 Å². The number of aryl methyl sites for hydroxylation is 1. The first-order valence-corrected chi connectivity index (χ1v) is 7.58. The summed E-state index contributed by atoms with van der Waals surface area (Å²) in [6, 6.07) is 4.94. The molecule has 108 valence electrons. The Morgan fingerprint density at radius 1 is 1.25 bits per heavy atom. The third kappa shape index (κ3) is 3.00. The van der Waals surface area contributed by atoms with Crippen LogP contribution < -0.4 is 9.88 Å². The quantitative estimate of drug-likeness (QED) is 0.920. The molecular weight excluding hydrogens is 278 g/mol. The van der Waals surface area contributed by atoms with Gasteiger partial charge in [-0.15, -0.1) is 0 Å². The highest BCUT2D eigenvalue weighted by Gasteiger charge is 2.15. The van der Waals surface area contributed by atoms with Crippen LogP contribution in [0, 0.1) is 13.8 Å². The third-order valence-electron chi connectivity index (χ3n) is 3.14. The fourth-order valence-corrected chi connectivity index (χ4v) is 2.77. The summed E-state index contributed by atoms with van der Waals surface area (Å²) in [5, 5.41) is 9.37. The van der Waals surface area contributed by atoms with Gasteiger partial charge >= 0.3 is 0 Å². The van der Waals surface area contributed by atoms with E-state index in [0.717, 1.165) is 11.3 Å². The number of hydrogen-bond acceptors (Lipinski definition) is 4. The lowest BCUT2D eigenvalue weighted by Crippen LogP contribution is -2.14. The molecule has 0 aliphatic heterocycles. The fourth-order valence-electron chi connectivity index (χ4n) is 1.93. The monoisotopic (exact) mass is 295 g/mol. The molecule has 0 fully saturated rings. The Bertz CT molecular complexity index is 735. The molecule has 0 atom stereocenters. The van der Waals surface area contributed by atoms with Crippen molar-refractivity contribution < 1.29 is 13.2 Å². The summed E-state index contributed by atoms with van der Waals surface area (Å²) in [5.41, 5.74) is 2.17. The maximum atomic E-state index is 11.4. The second-order valence-corrected chi connectivity index (χ2v) is 6.16. The summed E-state index contributed by atoms with van der Waals surface area (Å²) in [5.74, 6) is 0.626. The van der Waals surface area contributed by atoms with E-state index in [1.54, 1.807) is 24.6 Å². The molecule has 20 heavy (non-hydrogen) atoms. The lowest BCUT2D eigenvalue weighted by Gasteiger charge is -2.12. The van der Waals surface area contributed by atoms with Gasteiger partial charge in [0.2, 0.25) is 10.0 Å². The van der Waals surface area contributed by atoms with Crippen LogP contribution in [-0.4, -0.2) is 18.2 Å². The minimum Gasteiger partial charge on any atom is -0.487 e. The normalized spacial score (nSPS) is 11.6. The van der Waals surface area contributed by atoms with Gasteiger partial charge in [0.25, 0.3) is 0 Å². The van der Waals surface area contributed by atoms with E-state index in [2.05, 4.69) is 5.10 Å². The maximum absolute atomic E-state index is 11.4. The molecule has 0 amide bonds. The SMILES string of the molecule is Cc1c(OCc2ccn(C)n2)ccc(S(N)(=O)=O)c1C. The van der Waals surface area contributed by atoms with E-state index in [1.165, 1.54) is 6.07 Å². The molecule has 0 bridgehead atoms. The van der Waals surface area contributed by atoms with Crippen molar-refractivity contribution in [2.75, 3.05) is 0 Å². The zero-order chi connectivity index (χ0) is 14.9. The van der Waals surface area contributed by atoms with Crippen LogP contribution in [0.1, 0.15) is 16.8 Å². The van der Waals surface area contributed by atoms with Gasteiger partial charge in [-0.2, -0.15) is 5.10 Å². The molecule has 1 aromatic carbocycles. The van der Waals surface area contributed by atoms with Crippen LogP contribution in [0.3, 0.4) is 0 Å². The predicted octanol–water partition coefficient (Wildman–Crippen LogP) is 1.26. The Morgan fingerprint density at radius 3 is 2.50 bits per heavy atom. The highest BCUT2D eigenvalue weighted by atomic mass is 32.2. The van der Waals surface area contributed by atoms with Crippen LogP contribution in [0.4, 0.5) is 0 Å². The molecule has 2 rings (SSSR count). The molecule has 0 aliphatic rings. The number of primary sulfonamides is 1. The Morgan fingerprint density at radius 2 is 1.95 bits per heavy atom. The predicted molar refractivity (Wildman–Crippen MR) is 74.8 cm³/mol. The van der Waals surface area contributed by atoms with Crippen molar-refractivity contribution in [1.29, 1.82) is 0 Å². The van der Waals surface area contributed by atoms with Crippen LogP contribution in [-0.2, 0) is 23.7 Å². The average molecular weight is 295 g/mol. The lowest BCUT2D eigenvalue weighted by molar-refractivity contribution is 0.297. The highest BCUT2D eigenvalue weighted by Crippen LogP contribution is 2.26. The number of rotatable bonds is 4. The van der Waals surface area contributed by atoms with Gasteiger partial charge < -0.3 is 4.74 Å². The molecule has 1 heterocycles. The van der Waals surface area contributed by atoms with E-state index in [9.17, 15) is 8.42 Å². The first-order chi connectivity index (χ1) is 9.29. The molecule has 0 radical (unpaired) electrons. The Hall–Kier alpha value is -1.86. The zero-order valence-electron chi connectivity index (χ0n) is 11.6. The second-order valence-electron chi connectivity index (χ2n) is 4.63. The molecule has 2 N–H and O–H groups in total. The molecule has 0 saturated heterocycles. The van der Waals surface area contributed by atoms with Gasteiger partial charge in [-0.1, -0.05) is 0 Å². The van der Waals surface area contributed by atoms with E-state index >= 15 is 0 Å². The van der Waals surface area contributed by atoms with Crippen molar-refractivity contribution in [2.24, 2.45) is 12.2 Å². The minimum atomic E-state index is -3.71. The number of aromatic nitrogens is 2. The molecule has 6 nitrogen and oxygen atoms in total.